The molecule has 22 heavy (non-hydrogen) atoms. The molecule has 1 rings (SSSR count). The quantitative estimate of drug-likeness (QED) is 0.553. The Morgan fingerprint density at radius 2 is 1.64 bits per heavy atom. The lowest BCUT2D eigenvalue weighted by Gasteiger charge is -2.25. The van der Waals surface area contributed by atoms with E-state index in [1.165, 1.54) is 38.5 Å². The largest absolute Gasteiger partial charge is 0.387 e. The third kappa shape index (κ3) is 7.13. The van der Waals surface area contributed by atoms with Gasteiger partial charge in [-0.25, -0.2) is 0 Å². The number of hydrogen-bond acceptors (Lipinski definition) is 2. The highest BCUT2D eigenvalue weighted by molar-refractivity contribution is 6.31. The van der Waals surface area contributed by atoms with Crippen molar-refractivity contribution in [3.63, 3.8) is 0 Å². The monoisotopic (exact) mass is 325 g/mol. The van der Waals surface area contributed by atoms with Crippen LogP contribution in [0.3, 0.4) is 0 Å². The van der Waals surface area contributed by atoms with Crippen LogP contribution in [0.2, 0.25) is 5.02 Å². The van der Waals surface area contributed by atoms with Crippen LogP contribution in [-0.4, -0.2) is 29.6 Å². The van der Waals surface area contributed by atoms with Crippen molar-refractivity contribution in [3.05, 3.63) is 34.3 Å². The fourth-order valence-corrected chi connectivity index (χ4v) is 2.82. The van der Waals surface area contributed by atoms with Crippen molar-refractivity contribution in [1.82, 2.24) is 4.90 Å². The number of nitrogens with zero attached hydrogens (tertiary/aromatic N) is 1. The average Bonchev–Trinajstić information content (AvgIpc) is 2.50. The average molecular weight is 326 g/mol. The third-order valence-electron chi connectivity index (χ3n) is 4.17. The predicted octanol–water partition coefficient (Wildman–Crippen LogP) is 5.36. The SMILES string of the molecule is CCCCCN(CCCCC)C[C@@H](O)c1ccc(C)c(Cl)c1. The Morgan fingerprint density at radius 3 is 2.14 bits per heavy atom. The molecule has 0 aliphatic heterocycles. The molecule has 1 atom stereocenters. The smallest absolute Gasteiger partial charge is 0.0917 e. The van der Waals surface area contributed by atoms with Gasteiger partial charge in [0, 0.05) is 11.6 Å². The van der Waals surface area contributed by atoms with Crippen molar-refractivity contribution >= 4 is 11.6 Å². The second-order valence-electron chi connectivity index (χ2n) is 6.24. The zero-order valence-corrected chi connectivity index (χ0v) is 15.2. The Bertz CT molecular complexity index is 412. The maximum absolute atomic E-state index is 10.5. The van der Waals surface area contributed by atoms with Gasteiger partial charge in [0.05, 0.1) is 6.10 Å². The molecule has 0 unspecified atom stereocenters. The van der Waals surface area contributed by atoms with Crippen LogP contribution in [0.1, 0.15) is 69.6 Å². The van der Waals surface area contributed by atoms with Gasteiger partial charge in [0.25, 0.3) is 0 Å². The molecule has 0 spiro atoms. The minimum absolute atomic E-state index is 0.457. The van der Waals surface area contributed by atoms with Gasteiger partial charge < -0.3 is 10.0 Å². The van der Waals surface area contributed by atoms with Crippen molar-refractivity contribution < 1.29 is 5.11 Å². The Hall–Kier alpha value is -0.570. The molecule has 0 radical (unpaired) electrons. The van der Waals surface area contributed by atoms with Crippen LogP contribution in [0.25, 0.3) is 0 Å². The van der Waals surface area contributed by atoms with E-state index >= 15 is 0 Å². The molecule has 3 heteroatoms. The molecule has 0 fully saturated rings. The normalized spacial score (nSPS) is 12.8. The van der Waals surface area contributed by atoms with E-state index in [0.717, 1.165) is 29.2 Å². The van der Waals surface area contributed by atoms with Gasteiger partial charge in [0.15, 0.2) is 0 Å². The summed E-state index contributed by atoms with van der Waals surface area (Å²) >= 11 is 6.17. The summed E-state index contributed by atoms with van der Waals surface area (Å²) in [6.07, 6.45) is 6.96. The van der Waals surface area contributed by atoms with Crippen LogP contribution in [0.15, 0.2) is 18.2 Å². The summed E-state index contributed by atoms with van der Waals surface area (Å²) < 4.78 is 0. The van der Waals surface area contributed by atoms with Gasteiger partial charge in [-0.15, -0.1) is 0 Å². The Kier molecular flexibility index (Phi) is 9.77. The maximum atomic E-state index is 10.5. The minimum atomic E-state index is -0.457. The van der Waals surface area contributed by atoms with E-state index in [0.29, 0.717) is 6.54 Å². The van der Waals surface area contributed by atoms with Gasteiger partial charge in [-0.05, 0) is 50.0 Å². The second-order valence-corrected chi connectivity index (χ2v) is 6.65. The van der Waals surface area contributed by atoms with Gasteiger partial charge in [-0.1, -0.05) is 63.3 Å². The van der Waals surface area contributed by atoms with E-state index in [1.54, 1.807) is 0 Å². The number of hydrogen-bond donors (Lipinski definition) is 1. The summed E-state index contributed by atoms with van der Waals surface area (Å²) in [6.45, 7) is 9.30. The van der Waals surface area contributed by atoms with Crippen LogP contribution in [0.4, 0.5) is 0 Å². The molecule has 0 bridgehead atoms. The lowest BCUT2D eigenvalue weighted by atomic mass is 10.1. The minimum Gasteiger partial charge on any atom is -0.387 e. The topological polar surface area (TPSA) is 23.5 Å². The first-order chi connectivity index (χ1) is 10.6. The zero-order chi connectivity index (χ0) is 16.4. The highest BCUT2D eigenvalue weighted by atomic mass is 35.5. The van der Waals surface area contributed by atoms with Crippen LogP contribution >= 0.6 is 11.6 Å². The summed E-state index contributed by atoms with van der Waals surface area (Å²) in [5.41, 5.74) is 1.98. The first-order valence-electron chi connectivity index (χ1n) is 8.75. The number of unbranched alkanes of at least 4 members (excludes halogenated alkanes) is 4. The molecule has 1 aromatic rings. The molecule has 0 saturated heterocycles. The van der Waals surface area contributed by atoms with Crippen LogP contribution in [0.5, 0.6) is 0 Å². The summed E-state index contributed by atoms with van der Waals surface area (Å²) in [5.74, 6) is 0. The van der Waals surface area contributed by atoms with Crippen LogP contribution in [0, 0.1) is 6.92 Å². The van der Waals surface area contributed by atoms with Gasteiger partial charge in [0.1, 0.15) is 0 Å². The van der Waals surface area contributed by atoms with Crippen molar-refractivity contribution in [2.24, 2.45) is 0 Å². The van der Waals surface area contributed by atoms with Gasteiger partial charge >= 0.3 is 0 Å². The molecule has 126 valence electrons. The van der Waals surface area contributed by atoms with Crippen molar-refractivity contribution in [2.45, 2.75) is 65.4 Å². The molecule has 0 amide bonds. The highest BCUT2D eigenvalue weighted by Crippen LogP contribution is 2.22. The zero-order valence-electron chi connectivity index (χ0n) is 14.4. The molecule has 1 aromatic carbocycles. The number of aliphatic hydroxyl groups excluding tert-OH is 1. The summed E-state index contributed by atoms with van der Waals surface area (Å²) in [7, 11) is 0. The Balaban J connectivity index is 2.58. The first kappa shape index (κ1) is 19.5. The molecular weight excluding hydrogens is 294 g/mol. The molecule has 0 aliphatic rings. The molecule has 0 aliphatic carbocycles. The van der Waals surface area contributed by atoms with Gasteiger partial charge in [0.2, 0.25) is 0 Å². The van der Waals surface area contributed by atoms with E-state index in [1.807, 2.05) is 25.1 Å². The molecule has 0 saturated carbocycles. The maximum Gasteiger partial charge on any atom is 0.0917 e. The van der Waals surface area contributed by atoms with Gasteiger partial charge in [-0.2, -0.15) is 0 Å². The number of halogens is 1. The standard InChI is InChI=1S/C19H32ClNO/c1-4-6-8-12-21(13-9-7-5-2)15-19(22)17-11-10-16(3)18(20)14-17/h10-11,14,19,22H,4-9,12-13,15H2,1-3H3/t19-/m1/s1. The third-order valence-corrected chi connectivity index (χ3v) is 4.57. The summed E-state index contributed by atoms with van der Waals surface area (Å²) in [5, 5.41) is 11.3. The number of benzene rings is 1. The number of aryl methyl sites for hydroxylation is 1. The fourth-order valence-electron chi connectivity index (χ4n) is 2.63. The molecular formula is C19H32ClNO. The first-order valence-corrected chi connectivity index (χ1v) is 9.12. The summed E-state index contributed by atoms with van der Waals surface area (Å²) in [6, 6.07) is 5.87. The highest BCUT2D eigenvalue weighted by Gasteiger charge is 2.14. The van der Waals surface area contributed by atoms with E-state index in [-0.39, 0.29) is 0 Å². The number of aliphatic hydroxyl groups is 1. The van der Waals surface area contributed by atoms with E-state index in [9.17, 15) is 5.11 Å². The van der Waals surface area contributed by atoms with E-state index in [2.05, 4.69) is 18.7 Å². The Morgan fingerprint density at radius 1 is 1.05 bits per heavy atom. The number of rotatable bonds is 11. The second kappa shape index (κ2) is 11.0. The molecule has 2 nitrogen and oxygen atoms in total. The molecule has 0 aromatic heterocycles. The lowest BCUT2D eigenvalue weighted by molar-refractivity contribution is 0.110. The van der Waals surface area contributed by atoms with E-state index < -0.39 is 6.10 Å². The molecule has 1 N–H and O–H groups in total. The Labute approximate surface area is 141 Å². The van der Waals surface area contributed by atoms with Crippen LogP contribution < -0.4 is 0 Å². The fraction of sp³-hybridized carbons (Fsp3) is 0.684. The predicted molar refractivity (Wildman–Crippen MR) is 96.6 cm³/mol. The molecule has 0 heterocycles. The van der Waals surface area contributed by atoms with Crippen LogP contribution in [-0.2, 0) is 0 Å². The van der Waals surface area contributed by atoms with Crippen molar-refractivity contribution in [3.8, 4) is 0 Å². The van der Waals surface area contributed by atoms with E-state index in [4.69, 9.17) is 11.6 Å². The van der Waals surface area contributed by atoms with Gasteiger partial charge in [-0.3, -0.25) is 0 Å². The lowest BCUT2D eigenvalue weighted by Crippen LogP contribution is -2.31. The summed E-state index contributed by atoms with van der Waals surface area (Å²) in [4.78, 5) is 2.41. The van der Waals surface area contributed by atoms with Crippen molar-refractivity contribution in [2.75, 3.05) is 19.6 Å². The van der Waals surface area contributed by atoms with Crippen molar-refractivity contribution in [1.29, 1.82) is 0 Å².